The average molecular weight is 544 g/mol. The van der Waals surface area contributed by atoms with Crippen LogP contribution in [0.5, 0.6) is 11.8 Å². The Morgan fingerprint density at radius 2 is 1.77 bits per heavy atom. The van der Waals surface area contributed by atoms with Gasteiger partial charge in [0, 0.05) is 50.9 Å². The molecule has 8 nitrogen and oxygen atoms in total. The van der Waals surface area contributed by atoms with Crippen LogP contribution in [0, 0.1) is 5.82 Å². The first-order valence-corrected chi connectivity index (χ1v) is 14.4. The molecule has 3 aliphatic heterocycles. The number of benzene rings is 1. The Balaban J connectivity index is 1.20. The van der Waals surface area contributed by atoms with Crippen LogP contribution in [0.4, 0.5) is 16.0 Å². The second-order valence-electron chi connectivity index (χ2n) is 11.0. The fourth-order valence-corrected chi connectivity index (χ4v) is 5.84. The van der Waals surface area contributed by atoms with Crippen LogP contribution in [0.25, 0.3) is 6.08 Å². The molecular formula is C31H38FN7O. The summed E-state index contributed by atoms with van der Waals surface area (Å²) in [5.74, 6) is 1.84. The SMILES string of the molecule is C/C=C/C1=CC(Nc2cc(N3CCN(CCN4CCCC4)CC3)nc(Oc3ccc4c(c3F)C=C(C)C4)n2)=NC1. The van der Waals surface area contributed by atoms with Crippen molar-refractivity contribution in [3.8, 4) is 11.8 Å². The number of nitrogens with zero attached hydrogens (tertiary/aromatic N) is 6. The van der Waals surface area contributed by atoms with E-state index in [0.717, 1.165) is 74.1 Å². The highest BCUT2D eigenvalue weighted by molar-refractivity contribution is 6.05. The molecule has 0 amide bonds. The Labute approximate surface area is 236 Å². The fraction of sp³-hybridized carbons (Fsp3) is 0.452. The van der Waals surface area contributed by atoms with E-state index < -0.39 is 0 Å². The summed E-state index contributed by atoms with van der Waals surface area (Å²) in [5.41, 5.74) is 3.84. The van der Waals surface area contributed by atoms with Gasteiger partial charge < -0.3 is 19.9 Å². The topological polar surface area (TPSA) is 69.1 Å². The third kappa shape index (κ3) is 6.10. The highest BCUT2D eigenvalue weighted by Gasteiger charge is 2.23. The maximum Gasteiger partial charge on any atom is 0.326 e. The number of rotatable bonds is 8. The first-order valence-electron chi connectivity index (χ1n) is 14.4. The van der Waals surface area contributed by atoms with Gasteiger partial charge in [0.15, 0.2) is 11.6 Å². The van der Waals surface area contributed by atoms with Crippen molar-refractivity contribution in [1.82, 2.24) is 19.8 Å². The molecule has 210 valence electrons. The Kier molecular flexibility index (Phi) is 7.93. The largest absolute Gasteiger partial charge is 0.421 e. The van der Waals surface area contributed by atoms with E-state index in [-0.39, 0.29) is 17.6 Å². The van der Waals surface area contributed by atoms with Gasteiger partial charge in [-0.2, -0.15) is 9.97 Å². The number of aromatic nitrogens is 2. The number of likely N-dealkylation sites (tertiary alicyclic amines) is 1. The van der Waals surface area contributed by atoms with Gasteiger partial charge in [-0.25, -0.2) is 4.39 Å². The molecule has 6 rings (SSSR count). The van der Waals surface area contributed by atoms with E-state index in [0.29, 0.717) is 17.9 Å². The van der Waals surface area contributed by atoms with Crippen LogP contribution in [0.2, 0.25) is 0 Å². The molecule has 40 heavy (non-hydrogen) atoms. The van der Waals surface area contributed by atoms with Crippen LogP contribution >= 0.6 is 0 Å². The first-order chi connectivity index (χ1) is 19.5. The van der Waals surface area contributed by atoms with E-state index in [1.807, 2.05) is 50.3 Å². The molecule has 1 N–H and O–H groups in total. The molecule has 4 aliphatic rings. The lowest BCUT2D eigenvalue weighted by Gasteiger charge is -2.36. The molecule has 2 aromatic rings. The Morgan fingerprint density at radius 1 is 1.00 bits per heavy atom. The van der Waals surface area contributed by atoms with Gasteiger partial charge in [0.25, 0.3) is 0 Å². The maximum atomic E-state index is 15.4. The molecule has 4 heterocycles. The van der Waals surface area contributed by atoms with Gasteiger partial charge in [0.1, 0.15) is 17.5 Å². The molecule has 0 radical (unpaired) electrons. The molecule has 1 aromatic heterocycles. The van der Waals surface area contributed by atoms with Gasteiger partial charge in [-0.15, -0.1) is 0 Å². The second kappa shape index (κ2) is 11.9. The molecular weight excluding hydrogens is 505 g/mol. The van der Waals surface area contributed by atoms with Crippen molar-refractivity contribution < 1.29 is 9.13 Å². The average Bonchev–Trinajstić information content (AvgIpc) is 3.71. The lowest BCUT2D eigenvalue weighted by atomic mass is 10.1. The standard InChI is InChI=1S/C31H38FN7O/c1-3-6-23-19-27(33-21-23)34-28-20-29(39-15-13-38(14-16-39)12-11-37-9-4-5-10-37)36-31(35-28)40-26-8-7-24-17-22(2)18-25(24)30(26)32/h3,6-8,18-20H,4-5,9-17,21H2,1-2H3,(H,33,34,35,36)/b6-3+. The van der Waals surface area contributed by atoms with Gasteiger partial charge in [-0.05, 0) is 69.5 Å². The number of halogens is 1. The minimum Gasteiger partial charge on any atom is -0.421 e. The molecule has 0 spiro atoms. The van der Waals surface area contributed by atoms with Crippen LogP contribution in [0.3, 0.4) is 0 Å². The van der Waals surface area contributed by atoms with E-state index in [2.05, 4.69) is 30.0 Å². The molecule has 0 saturated carbocycles. The summed E-state index contributed by atoms with van der Waals surface area (Å²) < 4.78 is 21.4. The molecule has 9 heteroatoms. The summed E-state index contributed by atoms with van der Waals surface area (Å²) >= 11 is 0. The Morgan fingerprint density at radius 3 is 2.55 bits per heavy atom. The van der Waals surface area contributed by atoms with Crippen molar-refractivity contribution in [1.29, 1.82) is 0 Å². The fourth-order valence-electron chi connectivity index (χ4n) is 5.84. The lowest BCUT2D eigenvalue weighted by Crippen LogP contribution is -2.48. The summed E-state index contributed by atoms with van der Waals surface area (Å²) in [7, 11) is 0. The molecule has 0 atom stereocenters. The van der Waals surface area contributed by atoms with Crippen molar-refractivity contribution in [2.75, 3.05) is 69.1 Å². The number of nitrogens with one attached hydrogen (secondary N) is 1. The van der Waals surface area contributed by atoms with Gasteiger partial charge in [0.05, 0.1) is 6.54 Å². The zero-order valence-electron chi connectivity index (χ0n) is 23.5. The quantitative estimate of drug-likeness (QED) is 0.507. The highest BCUT2D eigenvalue weighted by atomic mass is 19.1. The van der Waals surface area contributed by atoms with Crippen molar-refractivity contribution in [3.63, 3.8) is 0 Å². The molecule has 1 aromatic carbocycles. The monoisotopic (exact) mass is 543 g/mol. The number of aliphatic imine (C=N–C) groups is 1. The van der Waals surface area contributed by atoms with Gasteiger partial charge >= 0.3 is 6.01 Å². The number of hydrogen-bond acceptors (Lipinski definition) is 8. The summed E-state index contributed by atoms with van der Waals surface area (Å²) in [6.07, 6.45) is 11.4. The summed E-state index contributed by atoms with van der Waals surface area (Å²) in [6, 6.07) is 5.65. The van der Waals surface area contributed by atoms with Crippen molar-refractivity contribution in [3.05, 3.63) is 64.5 Å². The van der Waals surface area contributed by atoms with Crippen LogP contribution in [0.15, 0.2) is 52.6 Å². The Hall–Kier alpha value is -3.56. The van der Waals surface area contributed by atoms with E-state index in [1.165, 1.54) is 25.9 Å². The number of anilines is 2. The zero-order valence-corrected chi connectivity index (χ0v) is 23.5. The normalized spacial score (nSPS) is 19.7. The third-order valence-electron chi connectivity index (χ3n) is 8.01. The van der Waals surface area contributed by atoms with E-state index in [1.54, 1.807) is 6.07 Å². The lowest BCUT2D eigenvalue weighted by molar-refractivity contribution is 0.215. The predicted octanol–water partition coefficient (Wildman–Crippen LogP) is 4.91. The maximum absolute atomic E-state index is 15.4. The minimum absolute atomic E-state index is 0.116. The van der Waals surface area contributed by atoms with Crippen LogP contribution < -0.4 is 15.0 Å². The number of piperazine rings is 1. The summed E-state index contributed by atoms with van der Waals surface area (Å²) in [5, 5.41) is 3.32. The van der Waals surface area contributed by atoms with Gasteiger partial charge in [0.2, 0.25) is 0 Å². The molecule has 2 saturated heterocycles. The van der Waals surface area contributed by atoms with E-state index >= 15 is 4.39 Å². The first kappa shape index (κ1) is 26.7. The number of allylic oxidation sites excluding steroid dienone is 2. The smallest absolute Gasteiger partial charge is 0.326 e. The van der Waals surface area contributed by atoms with Crippen molar-refractivity contribution >= 4 is 23.5 Å². The third-order valence-corrected chi connectivity index (χ3v) is 8.01. The molecule has 0 unspecified atom stereocenters. The molecule has 1 aliphatic carbocycles. The van der Waals surface area contributed by atoms with Gasteiger partial charge in [-0.1, -0.05) is 29.9 Å². The second-order valence-corrected chi connectivity index (χ2v) is 11.0. The molecule has 0 bridgehead atoms. The van der Waals surface area contributed by atoms with Crippen LogP contribution in [0.1, 0.15) is 37.8 Å². The van der Waals surface area contributed by atoms with E-state index in [4.69, 9.17) is 9.72 Å². The van der Waals surface area contributed by atoms with E-state index in [9.17, 15) is 0 Å². The number of amidine groups is 1. The van der Waals surface area contributed by atoms with Crippen LogP contribution in [-0.4, -0.2) is 84.5 Å². The van der Waals surface area contributed by atoms with Crippen LogP contribution in [-0.2, 0) is 6.42 Å². The number of fused-ring (bicyclic) bond motifs is 1. The Bertz CT molecular complexity index is 1370. The van der Waals surface area contributed by atoms with Crippen molar-refractivity contribution in [2.24, 2.45) is 4.99 Å². The highest BCUT2D eigenvalue weighted by Crippen LogP contribution is 2.34. The zero-order chi connectivity index (χ0) is 27.5. The summed E-state index contributed by atoms with van der Waals surface area (Å²) in [6.45, 7) is 13.0. The molecule has 2 fully saturated rings. The predicted molar refractivity (Wildman–Crippen MR) is 159 cm³/mol. The number of hydrogen-bond donors (Lipinski definition) is 1. The number of ether oxygens (including phenoxy) is 1. The minimum atomic E-state index is -0.372. The summed E-state index contributed by atoms with van der Waals surface area (Å²) in [4.78, 5) is 21.3. The van der Waals surface area contributed by atoms with Crippen molar-refractivity contribution in [2.45, 2.75) is 33.1 Å². The van der Waals surface area contributed by atoms with Gasteiger partial charge in [-0.3, -0.25) is 9.89 Å².